The van der Waals surface area contributed by atoms with Gasteiger partial charge in [-0.15, -0.1) is 0 Å². The first-order valence-corrected chi connectivity index (χ1v) is 12.2. The number of rotatable bonds is 10. The largest absolute Gasteiger partial charge is 0.412 e. The Morgan fingerprint density at radius 2 is 1.56 bits per heavy atom. The van der Waals surface area contributed by atoms with E-state index in [2.05, 4.69) is 15.7 Å². The van der Waals surface area contributed by atoms with Crippen LogP contribution in [0.3, 0.4) is 0 Å². The van der Waals surface area contributed by atoms with E-state index in [1.165, 1.54) is 4.68 Å². The van der Waals surface area contributed by atoms with E-state index in [4.69, 9.17) is 10.5 Å². The molecule has 0 radical (unpaired) electrons. The Morgan fingerprint density at radius 1 is 0.897 bits per heavy atom. The number of para-hydroxylation sites is 1. The highest BCUT2D eigenvalue weighted by Gasteiger charge is 2.27. The van der Waals surface area contributed by atoms with Crippen LogP contribution in [0.4, 0.5) is 4.79 Å². The number of nitrogens with zero attached hydrogens (tertiary/aromatic N) is 2. The monoisotopic (exact) mass is 525 g/mol. The Morgan fingerprint density at radius 3 is 2.26 bits per heavy atom. The molecule has 1 atom stereocenters. The summed E-state index contributed by atoms with van der Waals surface area (Å²) < 4.78 is 6.67. The average molecular weight is 526 g/mol. The van der Waals surface area contributed by atoms with Crippen LogP contribution >= 0.6 is 0 Å². The maximum absolute atomic E-state index is 13.3. The Hall–Kier alpha value is -5.25. The lowest BCUT2D eigenvalue weighted by molar-refractivity contribution is -0.137. The number of carbonyl (C=O) groups excluding carboxylic acids is 4. The molecule has 4 N–H and O–H groups in total. The summed E-state index contributed by atoms with van der Waals surface area (Å²) in [5.41, 5.74) is 8.03. The Kier molecular flexibility index (Phi) is 8.47. The number of ether oxygens (including phenoxy) is 1. The van der Waals surface area contributed by atoms with Crippen molar-refractivity contribution < 1.29 is 23.9 Å². The third-order valence-corrected chi connectivity index (χ3v) is 5.76. The van der Waals surface area contributed by atoms with Crippen molar-refractivity contribution >= 4 is 23.7 Å². The summed E-state index contributed by atoms with van der Waals surface area (Å²) in [5.74, 6) is -2.20. The zero-order valence-corrected chi connectivity index (χ0v) is 21.2. The first kappa shape index (κ1) is 26.8. The average Bonchev–Trinajstić information content (AvgIpc) is 3.34. The number of benzene rings is 3. The lowest BCUT2D eigenvalue weighted by atomic mass is 10.0. The molecule has 0 saturated carbocycles. The zero-order chi connectivity index (χ0) is 27.8. The molecule has 0 aliphatic heterocycles. The highest BCUT2D eigenvalue weighted by atomic mass is 16.6. The van der Waals surface area contributed by atoms with Gasteiger partial charge in [0.15, 0.2) is 0 Å². The van der Waals surface area contributed by atoms with Crippen molar-refractivity contribution in [2.24, 2.45) is 5.73 Å². The SMILES string of the molecule is Cc1cc(C(=O)N[C@@H](Cc2ccccc2)C(=O)C(N)=O)n(-c2cccc(CNC(=O)Oc3ccccc3)c2)n1. The van der Waals surface area contributed by atoms with Gasteiger partial charge in [-0.1, -0.05) is 60.7 Å². The maximum Gasteiger partial charge on any atom is 0.412 e. The molecule has 3 amide bonds. The molecule has 39 heavy (non-hydrogen) atoms. The second-order valence-corrected chi connectivity index (χ2v) is 8.75. The van der Waals surface area contributed by atoms with Gasteiger partial charge in [-0.25, -0.2) is 9.48 Å². The number of primary amides is 1. The number of Topliss-reactive ketones (excluding diaryl/α,β-unsaturated/α-hetero) is 1. The van der Waals surface area contributed by atoms with Gasteiger partial charge in [0.05, 0.1) is 11.4 Å². The van der Waals surface area contributed by atoms with Gasteiger partial charge < -0.3 is 21.1 Å². The first-order chi connectivity index (χ1) is 18.8. The number of aromatic nitrogens is 2. The molecule has 1 heterocycles. The van der Waals surface area contributed by atoms with Crippen molar-refractivity contribution in [3.63, 3.8) is 0 Å². The van der Waals surface area contributed by atoms with Gasteiger partial charge >= 0.3 is 6.09 Å². The van der Waals surface area contributed by atoms with Crippen molar-refractivity contribution in [3.05, 3.63) is 114 Å². The third kappa shape index (κ3) is 7.16. The summed E-state index contributed by atoms with van der Waals surface area (Å²) in [6.45, 7) is 1.90. The molecule has 0 saturated heterocycles. The van der Waals surface area contributed by atoms with Crippen LogP contribution in [0.25, 0.3) is 5.69 Å². The van der Waals surface area contributed by atoms with Crippen LogP contribution in [0.1, 0.15) is 27.3 Å². The minimum Gasteiger partial charge on any atom is -0.410 e. The van der Waals surface area contributed by atoms with Gasteiger partial charge in [-0.05, 0) is 48.4 Å². The van der Waals surface area contributed by atoms with Gasteiger partial charge in [-0.3, -0.25) is 14.4 Å². The van der Waals surface area contributed by atoms with Crippen molar-refractivity contribution in [3.8, 4) is 11.4 Å². The molecule has 0 spiro atoms. The Bertz CT molecular complexity index is 1480. The van der Waals surface area contributed by atoms with E-state index in [1.807, 2.05) is 18.2 Å². The highest BCUT2D eigenvalue weighted by molar-refractivity contribution is 6.38. The van der Waals surface area contributed by atoms with Gasteiger partial charge in [0.1, 0.15) is 17.5 Å². The second-order valence-electron chi connectivity index (χ2n) is 8.75. The quantitative estimate of drug-likeness (QED) is 0.272. The molecule has 3 aromatic carbocycles. The van der Waals surface area contributed by atoms with Crippen molar-refractivity contribution in [1.82, 2.24) is 20.4 Å². The minimum absolute atomic E-state index is 0.0989. The molecule has 10 nitrogen and oxygen atoms in total. The maximum atomic E-state index is 13.3. The normalized spacial score (nSPS) is 11.3. The van der Waals surface area contributed by atoms with Gasteiger partial charge in [-0.2, -0.15) is 5.10 Å². The number of hydrogen-bond acceptors (Lipinski definition) is 6. The minimum atomic E-state index is -1.15. The summed E-state index contributed by atoms with van der Waals surface area (Å²) in [5, 5.41) is 9.76. The standard InChI is InChI=1S/C29H27N5O5/c1-19-15-25(28(37)32-24(26(35)27(30)36)17-20-9-4-2-5-10-20)34(33-19)22-12-8-11-21(16-22)18-31-29(38)39-23-13-6-3-7-14-23/h2-16,24H,17-18H2,1H3,(H2,30,36)(H,31,38)(H,32,37)/t24-/m0/s1. The summed E-state index contributed by atoms with van der Waals surface area (Å²) >= 11 is 0. The van der Waals surface area contributed by atoms with Crippen LogP contribution in [0.15, 0.2) is 91.0 Å². The fraction of sp³-hybridized carbons (Fsp3) is 0.138. The third-order valence-electron chi connectivity index (χ3n) is 5.76. The van der Waals surface area contributed by atoms with E-state index in [9.17, 15) is 19.2 Å². The smallest absolute Gasteiger partial charge is 0.410 e. The number of carbonyl (C=O) groups is 4. The molecular formula is C29H27N5O5. The molecule has 0 aliphatic carbocycles. The number of nitrogens with two attached hydrogens (primary N) is 1. The van der Waals surface area contributed by atoms with Crippen LogP contribution in [-0.2, 0) is 22.6 Å². The predicted molar refractivity (Wildman–Crippen MR) is 143 cm³/mol. The molecule has 1 aromatic heterocycles. The van der Waals surface area contributed by atoms with Gasteiger partial charge in [0, 0.05) is 13.0 Å². The van der Waals surface area contributed by atoms with Crippen molar-refractivity contribution in [1.29, 1.82) is 0 Å². The molecule has 4 rings (SSSR count). The molecule has 0 bridgehead atoms. The molecule has 10 heteroatoms. The first-order valence-electron chi connectivity index (χ1n) is 12.2. The van der Waals surface area contributed by atoms with E-state index < -0.39 is 29.7 Å². The van der Waals surface area contributed by atoms with Gasteiger partial charge in [0.2, 0.25) is 5.78 Å². The Labute approximate surface area is 224 Å². The highest BCUT2D eigenvalue weighted by Crippen LogP contribution is 2.16. The summed E-state index contributed by atoms with van der Waals surface area (Å²) in [7, 11) is 0. The Balaban J connectivity index is 1.50. The predicted octanol–water partition coefficient (Wildman–Crippen LogP) is 2.86. The number of ketones is 1. The fourth-order valence-corrected chi connectivity index (χ4v) is 3.93. The second kappa shape index (κ2) is 12.3. The summed E-state index contributed by atoms with van der Waals surface area (Å²) in [4.78, 5) is 49.6. The molecule has 4 aromatic rings. The molecule has 198 valence electrons. The van der Waals surface area contributed by atoms with E-state index in [0.717, 1.165) is 11.1 Å². The van der Waals surface area contributed by atoms with Crippen molar-refractivity contribution in [2.45, 2.75) is 25.9 Å². The van der Waals surface area contributed by atoms with Crippen LogP contribution in [0.2, 0.25) is 0 Å². The summed E-state index contributed by atoms with van der Waals surface area (Å²) in [6, 6.07) is 25.2. The summed E-state index contributed by atoms with van der Waals surface area (Å²) in [6.07, 6.45) is -0.507. The van der Waals surface area contributed by atoms with Crippen LogP contribution in [0.5, 0.6) is 5.75 Å². The number of hydrogen-bond donors (Lipinski definition) is 3. The van der Waals surface area contributed by atoms with Crippen LogP contribution < -0.4 is 21.1 Å². The van der Waals surface area contributed by atoms with Crippen molar-refractivity contribution in [2.75, 3.05) is 0 Å². The number of nitrogens with one attached hydrogen (secondary N) is 2. The molecule has 0 aliphatic rings. The lowest BCUT2D eigenvalue weighted by Gasteiger charge is -2.17. The molecule has 0 fully saturated rings. The lowest BCUT2D eigenvalue weighted by Crippen LogP contribution is -2.47. The molecular weight excluding hydrogens is 498 g/mol. The fourth-order valence-electron chi connectivity index (χ4n) is 3.93. The van der Waals surface area contributed by atoms with Crippen LogP contribution in [-0.4, -0.2) is 39.5 Å². The van der Waals surface area contributed by atoms with Crippen LogP contribution in [0, 0.1) is 6.92 Å². The van der Waals surface area contributed by atoms with E-state index >= 15 is 0 Å². The van der Waals surface area contributed by atoms with E-state index in [0.29, 0.717) is 17.1 Å². The number of amides is 3. The van der Waals surface area contributed by atoms with E-state index in [1.54, 1.807) is 79.7 Å². The topological polar surface area (TPSA) is 145 Å². The number of aryl methyl sites for hydroxylation is 1. The van der Waals surface area contributed by atoms with Gasteiger partial charge in [0.25, 0.3) is 11.8 Å². The van der Waals surface area contributed by atoms with E-state index in [-0.39, 0.29) is 18.7 Å². The molecule has 0 unspecified atom stereocenters. The zero-order valence-electron chi connectivity index (χ0n) is 21.2.